The van der Waals surface area contributed by atoms with E-state index in [4.69, 9.17) is 14.2 Å². The number of Topliss-reactive ketones (excluding diaryl/α,β-unsaturated/α-hetero) is 1. The van der Waals surface area contributed by atoms with Crippen LogP contribution in [0.25, 0.3) is 5.76 Å². The summed E-state index contributed by atoms with van der Waals surface area (Å²) in [6.07, 6.45) is 0.553. The van der Waals surface area contributed by atoms with Crippen molar-refractivity contribution in [2.45, 2.75) is 26.0 Å². The summed E-state index contributed by atoms with van der Waals surface area (Å²) in [5.41, 5.74) is 3.36. The maximum absolute atomic E-state index is 13.2. The predicted octanol–water partition coefficient (Wildman–Crippen LogP) is 5.04. The molecule has 7 heteroatoms. The number of carbonyl (C=O) groups excluding carboxylic acids is 2. The van der Waals surface area contributed by atoms with Gasteiger partial charge >= 0.3 is 0 Å². The van der Waals surface area contributed by atoms with Gasteiger partial charge in [-0.1, -0.05) is 42.0 Å². The summed E-state index contributed by atoms with van der Waals surface area (Å²) >= 11 is 0. The third kappa shape index (κ3) is 5.84. The first kappa shape index (κ1) is 26.0. The molecule has 0 bridgehead atoms. The van der Waals surface area contributed by atoms with Gasteiger partial charge < -0.3 is 24.2 Å². The van der Waals surface area contributed by atoms with Gasteiger partial charge in [-0.3, -0.25) is 9.59 Å². The summed E-state index contributed by atoms with van der Waals surface area (Å²) in [6, 6.07) is 21.3. The topological polar surface area (TPSA) is 85.3 Å². The van der Waals surface area contributed by atoms with Crippen LogP contribution in [0.4, 0.5) is 0 Å². The van der Waals surface area contributed by atoms with Crippen molar-refractivity contribution in [1.29, 1.82) is 0 Å². The normalized spacial score (nSPS) is 16.7. The standard InChI is InChI=1S/C30H31NO6/c1-20-7-4-8-21(17-20)19-37-24-13-11-22(12-14-24)28(32)26-27(23-9-5-10-25(18-23)36-3)31(15-6-16-35-2)30(34)29(26)33/h4-5,7-14,17-18,27,32H,6,15-16,19H2,1-3H3/b28-26+/t27-/m1/s1. The number of rotatable bonds is 10. The van der Waals surface area contributed by atoms with Crippen LogP contribution in [0.3, 0.4) is 0 Å². The zero-order valence-corrected chi connectivity index (χ0v) is 21.3. The molecule has 0 aromatic heterocycles. The molecule has 0 aliphatic carbocycles. The van der Waals surface area contributed by atoms with E-state index in [2.05, 4.69) is 6.07 Å². The summed E-state index contributed by atoms with van der Waals surface area (Å²) in [4.78, 5) is 27.7. The van der Waals surface area contributed by atoms with Gasteiger partial charge in [0.15, 0.2) is 0 Å². The Labute approximate surface area is 216 Å². The Morgan fingerprint density at radius 1 is 0.946 bits per heavy atom. The summed E-state index contributed by atoms with van der Waals surface area (Å²) in [7, 11) is 3.14. The highest BCUT2D eigenvalue weighted by molar-refractivity contribution is 6.46. The second-order valence-corrected chi connectivity index (χ2v) is 8.92. The van der Waals surface area contributed by atoms with E-state index in [-0.39, 0.29) is 11.3 Å². The van der Waals surface area contributed by atoms with Crippen molar-refractivity contribution in [3.05, 3.63) is 101 Å². The van der Waals surface area contributed by atoms with Crippen molar-refractivity contribution in [3.63, 3.8) is 0 Å². The summed E-state index contributed by atoms with van der Waals surface area (Å²) in [5.74, 6) is -0.380. The number of methoxy groups -OCH3 is 2. The number of aliphatic hydroxyl groups excluding tert-OH is 1. The molecule has 1 aliphatic rings. The lowest BCUT2D eigenvalue weighted by Crippen LogP contribution is -2.31. The van der Waals surface area contributed by atoms with Gasteiger partial charge in [0.2, 0.25) is 0 Å². The van der Waals surface area contributed by atoms with E-state index in [1.807, 2.05) is 31.2 Å². The molecule has 4 rings (SSSR count). The van der Waals surface area contributed by atoms with E-state index in [0.29, 0.717) is 48.8 Å². The minimum Gasteiger partial charge on any atom is -0.507 e. The van der Waals surface area contributed by atoms with E-state index in [1.165, 1.54) is 4.90 Å². The lowest BCUT2D eigenvalue weighted by atomic mass is 9.95. The quantitative estimate of drug-likeness (QED) is 0.181. The molecule has 0 saturated carbocycles. The van der Waals surface area contributed by atoms with E-state index in [1.54, 1.807) is 56.7 Å². The predicted molar refractivity (Wildman–Crippen MR) is 140 cm³/mol. The molecule has 3 aromatic carbocycles. The number of hydrogen-bond donors (Lipinski definition) is 1. The zero-order valence-electron chi connectivity index (χ0n) is 21.3. The molecular weight excluding hydrogens is 470 g/mol. The number of hydrogen-bond acceptors (Lipinski definition) is 6. The average molecular weight is 502 g/mol. The van der Waals surface area contributed by atoms with Crippen LogP contribution in [0.15, 0.2) is 78.4 Å². The maximum atomic E-state index is 13.2. The molecule has 0 radical (unpaired) electrons. The van der Waals surface area contributed by atoms with Gasteiger partial charge in [-0.25, -0.2) is 0 Å². The third-order valence-corrected chi connectivity index (χ3v) is 6.31. The minimum absolute atomic E-state index is 0.0455. The number of nitrogens with zero attached hydrogens (tertiary/aromatic N) is 1. The summed E-state index contributed by atoms with van der Waals surface area (Å²) < 4.78 is 16.4. The molecule has 7 nitrogen and oxygen atoms in total. The van der Waals surface area contributed by atoms with Gasteiger partial charge in [-0.2, -0.15) is 0 Å². The van der Waals surface area contributed by atoms with Gasteiger partial charge in [0.05, 0.1) is 18.7 Å². The molecular formula is C30H31NO6. The minimum atomic E-state index is -0.746. The number of ketones is 1. The molecule has 1 atom stereocenters. The fourth-order valence-corrected chi connectivity index (χ4v) is 4.48. The van der Waals surface area contributed by atoms with Crippen molar-refractivity contribution in [2.75, 3.05) is 27.4 Å². The largest absolute Gasteiger partial charge is 0.507 e. The molecule has 1 heterocycles. The van der Waals surface area contributed by atoms with E-state index < -0.39 is 17.7 Å². The molecule has 1 N–H and O–H groups in total. The molecule has 37 heavy (non-hydrogen) atoms. The number of ether oxygens (including phenoxy) is 3. The lowest BCUT2D eigenvalue weighted by Gasteiger charge is -2.25. The van der Waals surface area contributed by atoms with E-state index in [0.717, 1.165) is 11.1 Å². The molecule has 1 saturated heterocycles. The van der Waals surface area contributed by atoms with E-state index >= 15 is 0 Å². The lowest BCUT2D eigenvalue weighted by molar-refractivity contribution is -0.140. The highest BCUT2D eigenvalue weighted by Gasteiger charge is 2.45. The molecule has 3 aromatic rings. The number of aliphatic hydroxyl groups is 1. The number of likely N-dealkylation sites (tertiary alicyclic amines) is 1. The molecule has 0 unspecified atom stereocenters. The number of aryl methyl sites for hydroxylation is 1. The second kappa shape index (κ2) is 11.8. The monoisotopic (exact) mass is 501 g/mol. The SMILES string of the molecule is COCCCN1C(=O)C(=O)/C(=C(/O)c2ccc(OCc3cccc(C)c3)cc2)[C@H]1c1cccc(OC)c1. The zero-order chi connectivity index (χ0) is 26.4. The summed E-state index contributed by atoms with van der Waals surface area (Å²) in [5, 5.41) is 11.3. The first-order valence-corrected chi connectivity index (χ1v) is 12.1. The molecule has 192 valence electrons. The molecule has 1 fully saturated rings. The molecule has 0 spiro atoms. The van der Waals surface area contributed by atoms with Gasteiger partial charge in [0.25, 0.3) is 11.7 Å². The van der Waals surface area contributed by atoms with Crippen LogP contribution in [0, 0.1) is 6.92 Å². The first-order chi connectivity index (χ1) is 17.9. The molecule has 1 amide bonds. The van der Waals surface area contributed by atoms with Crippen LogP contribution in [0.2, 0.25) is 0 Å². The highest BCUT2D eigenvalue weighted by Crippen LogP contribution is 2.40. The third-order valence-electron chi connectivity index (χ3n) is 6.31. The number of amides is 1. The van der Waals surface area contributed by atoms with Crippen molar-refractivity contribution in [2.24, 2.45) is 0 Å². The van der Waals surface area contributed by atoms with Crippen molar-refractivity contribution >= 4 is 17.4 Å². The number of carbonyl (C=O) groups is 2. The van der Waals surface area contributed by atoms with Crippen LogP contribution >= 0.6 is 0 Å². The van der Waals surface area contributed by atoms with Crippen LogP contribution in [-0.2, 0) is 20.9 Å². The Hall–Kier alpha value is -4.10. The molecule has 1 aliphatic heterocycles. The second-order valence-electron chi connectivity index (χ2n) is 8.92. The Morgan fingerprint density at radius 3 is 2.41 bits per heavy atom. The smallest absolute Gasteiger partial charge is 0.295 e. The first-order valence-electron chi connectivity index (χ1n) is 12.1. The Morgan fingerprint density at radius 2 is 1.70 bits per heavy atom. The van der Waals surface area contributed by atoms with Gasteiger partial charge in [0.1, 0.15) is 23.9 Å². The van der Waals surface area contributed by atoms with Crippen molar-refractivity contribution in [3.8, 4) is 11.5 Å². The number of benzene rings is 3. The maximum Gasteiger partial charge on any atom is 0.295 e. The van der Waals surface area contributed by atoms with Gasteiger partial charge in [0, 0.05) is 25.8 Å². The van der Waals surface area contributed by atoms with Crippen LogP contribution in [0.5, 0.6) is 11.5 Å². The summed E-state index contributed by atoms with van der Waals surface area (Å²) in [6.45, 7) is 3.19. The van der Waals surface area contributed by atoms with Crippen LogP contribution < -0.4 is 9.47 Å². The van der Waals surface area contributed by atoms with Crippen LogP contribution in [0.1, 0.15) is 34.7 Å². The Bertz CT molecular complexity index is 1300. The Balaban J connectivity index is 1.64. The van der Waals surface area contributed by atoms with Crippen molar-refractivity contribution < 1.29 is 28.9 Å². The Kier molecular flexibility index (Phi) is 8.25. The van der Waals surface area contributed by atoms with Crippen molar-refractivity contribution in [1.82, 2.24) is 4.90 Å². The van der Waals surface area contributed by atoms with E-state index in [9.17, 15) is 14.7 Å². The van der Waals surface area contributed by atoms with Gasteiger partial charge in [-0.05, 0) is 60.9 Å². The van der Waals surface area contributed by atoms with Crippen LogP contribution in [-0.4, -0.2) is 49.1 Å². The average Bonchev–Trinajstić information content (AvgIpc) is 3.17. The van der Waals surface area contributed by atoms with Gasteiger partial charge in [-0.15, -0.1) is 0 Å². The highest BCUT2D eigenvalue weighted by atomic mass is 16.5. The fourth-order valence-electron chi connectivity index (χ4n) is 4.48. The fraction of sp³-hybridized carbons (Fsp3) is 0.267.